The number of aromatic nitrogens is 3. The summed E-state index contributed by atoms with van der Waals surface area (Å²) in [6.45, 7) is 3.64. The number of aryl methyl sites for hydroxylation is 2. The number of amides is 1. The van der Waals surface area contributed by atoms with Crippen LogP contribution in [0.25, 0.3) is 10.6 Å². The normalized spacial score (nSPS) is 10.6. The van der Waals surface area contributed by atoms with Crippen LogP contribution in [0, 0.1) is 6.92 Å². The second kappa shape index (κ2) is 6.07. The molecule has 1 amide bonds. The molecule has 2 aromatic heterocycles. The average Bonchev–Trinajstić information content (AvgIpc) is 3.14. The lowest BCUT2D eigenvalue weighted by Gasteiger charge is -2.00. The monoisotopic (exact) mass is 314 g/mol. The molecule has 0 fully saturated rings. The minimum Gasteiger partial charge on any atom is -0.361 e. The molecule has 0 saturated heterocycles. The van der Waals surface area contributed by atoms with Crippen LogP contribution in [0.1, 0.15) is 28.7 Å². The molecule has 112 valence electrons. The zero-order valence-corrected chi connectivity index (χ0v) is 13.0. The summed E-state index contributed by atoms with van der Waals surface area (Å²) < 4.78 is 5.08. The van der Waals surface area contributed by atoms with E-state index >= 15 is 0 Å². The molecule has 0 atom stereocenters. The first-order valence-electron chi connectivity index (χ1n) is 6.84. The van der Waals surface area contributed by atoms with Crippen molar-refractivity contribution in [2.24, 2.45) is 0 Å². The molecule has 7 heteroatoms. The highest BCUT2D eigenvalue weighted by Gasteiger charge is 2.20. The van der Waals surface area contributed by atoms with Gasteiger partial charge in [-0.3, -0.25) is 10.1 Å². The van der Waals surface area contributed by atoms with E-state index < -0.39 is 0 Å². The summed E-state index contributed by atoms with van der Waals surface area (Å²) in [5.74, 6) is 0.230. The number of hydrogen-bond acceptors (Lipinski definition) is 6. The lowest BCUT2D eigenvalue weighted by atomic mass is 10.1. The summed E-state index contributed by atoms with van der Waals surface area (Å²) in [5, 5.41) is 16.0. The van der Waals surface area contributed by atoms with E-state index in [-0.39, 0.29) is 5.91 Å². The van der Waals surface area contributed by atoms with Gasteiger partial charge in [-0.25, -0.2) is 0 Å². The van der Waals surface area contributed by atoms with Crippen LogP contribution in [0.5, 0.6) is 0 Å². The van der Waals surface area contributed by atoms with Crippen LogP contribution < -0.4 is 5.32 Å². The van der Waals surface area contributed by atoms with E-state index in [2.05, 4.69) is 20.7 Å². The molecule has 6 nitrogen and oxygen atoms in total. The van der Waals surface area contributed by atoms with Gasteiger partial charge in [-0.2, -0.15) is 0 Å². The van der Waals surface area contributed by atoms with Crippen LogP contribution in [0.4, 0.5) is 5.13 Å². The van der Waals surface area contributed by atoms with Crippen molar-refractivity contribution in [3.8, 4) is 10.6 Å². The standard InChI is InChI=1S/C15H14N4O2S/c1-3-11-12(9(2)21-19-11)13(20)16-15-18-17-14(22-15)10-7-5-4-6-8-10/h4-8H,3H2,1-2H3,(H,16,18,20). The second-order valence-corrected chi connectivity index (χ2v) is 5.62. The largest absolute Gasteiger partial charge is 0.361 e. The highest BCUT2D eigenvalue weighted by molar-refractivity contribution is 7.18. The van der Waals surface area contributed by atoms with Gasteiger partial charge in [0.2, 0.25) is 5.13 Å². The number of anilines is 1. The highest BCUT2D eigenvalue weighted by atomic mass is 32.1. The maximum Gasteiger partial charge on any atom is 0.263 e. The van der Waals surface area contributed by atoms with Gasteiger partial charge in [0.15, 0.2) is 0 Å². The van der Waals surface area contributed by atoms with Crippen molar-refractivity contribution in [1.82, 2.24) is 15.4 Å². The van der Waals surface area contributed by atoms with Gasteiger partial charge >= 0.3 is 0 Å². The van der Waals surface area contributed by atoms with Crippen molar-refractivity contribution in [1.29, 1.82) is 0 Å². The van der Waals surface area contributed by atoms with Gasteiger partial charge in [0, 0.05) is 5.56 Å². The van der Waals surface area contributed by atoms with Gasteiger partial charge in [-0.05, 0) is 13.3 Å². The van der Waals surface area contributed by atoms with Crippen molar-refractivity contribution in [3.05, 3.63) is 47.3 Å². The van der Waals surface area contributed by atoms with E-state index in [1.165, 1.54) is 11.3 Å². The van der Waals surface area contributed by atoms with Crippen LogP contribution in [-0.4, -0.2) is 21.3 Å². The van der Waals surface area contributed by atoms with Gasteiger partial charge in [0.05, 0.1) is 5.69 Å². The van der Waals surface area contributed by atoms with E-state index in [1.807, 2.05) is 37.3 Å². The van der Waals surface area contributed by atoms with Gasteiger partial charge in [0.1, 0.15) is 16.3 Å². The zero-order chi connectivity index (χ0) is 15.5. The molecule has 0 aliphatic rings. The summed E-state index contributed by atoms with van der Waals surface area (Å²) in [6.07, 6.45) is 0.630. The number of hydrogen-bond donors (Lipinski definition) is 1. The highest BCUT2D eigenvalue weighted by Crippen LogP contribution is 2.26. The number of rotatable bonds is 4. The van der Waals surface area contributed by atoms with Crippen LogP contribution in [0.3, 0.4) is 0 Å². The number of carbonyl (C=O) groups is 1. The lowest BCUT2D eigenvalue weighted by molar-refractivity contribution is 0.102. The first-order chi connectivity index (χ1) is 10.7. The molecule has 0 aliphatic heterocycles. The van der Waals surface area contributed by atoms with Crippen LogP contribution in [0.2, 0.25) is 0 Å². The number of carbonyl (C=O) groups excluding carboxylic acids is 1. The van der Waals surface area contributed by atoms with Gasteiger partial charge in [-0.1, -0.05) is 53.7 Å². The Morgan fingerprint density at radius 2 is 2.05 bits per heavy atom. The van der Waals surface area contributed by atoms with Crippen LogP contribution in [0.15, 0.2) is 34.9 Å². The molecule has 22 heavy (non-hydrogen) atoms. The summed E-state index contributed by atoms with van der Waals surface area (Å²) in [4.78, 5) is 12.3. The number of nitrogens with one attached hydrogen (secondary N) is 1. The van der Waals surface area contributed by atoms with Crippen molar-refractivity contribution < 1.29 is 9.32 Å². The molecule has 0 aliphatic carbocycles. The molecule has 2 heterocycles. The van der Waals surface area contributed by atoms with E-state index in [0.29, 0.717) is 28.6 Å². The first kappa shape index (κ1) is 14.4. The molecule has 0 saturated carbocycles. The Labute approximate surface area is 131 Å². The Morgan fingerprint density at radius 3 is 2.77 bits per heavy atom. The van der Waals surface area contributed by atoms with Crippen molar-refractivity contribution in [2.45, 2.75) is 20.3 Å². The Kier molecular flexibility index (Phi) is 3.97. The van der Waals surface area contributed by atoms with Gasteiger partial charge < -0.3 is 4.52 Å². The Morgan fingerprint density at radius 1 is 1.27 bits per heavy atom. The quantitative estimate of drug-likeness (QED) is 0.799. The fraction of sp³-hybridized carbons (Fsp3) is 0.200. The first-order valence-corrected chi connectivity index (χ1v) is 7.66. The fourth-order valence-electron chi connectivity index (χ4n) is 2.08. The van der Waals surface area contributed by atoms with E-state index in [9.17, 15) is 4.79 Å². The zero-order valence-electron chi connectivity index (χ0n) is 12.2. The van der Waals surface area contributed by atoms with Crippen molar-refractivity contribution in [3.63, 3.8) is 0 Å². The smallest absolute Gasteiger partial charge is 0.263 e. The molecule has 0 radical (unpaired) electrons. The Bertz CT molecular complexity index is 795. The molecule has 0 unspecified atom stereocenters. The van der Waals surface area contributed by atoms with Gasteiger partial charge in [0.25, 0.3) is 5.91 Å². The number of nitrogens with zero attached hydrogens (tertiary/aromatic N) is 3. The molecule has 1 aromatic carbocycles. The minimum absolute atomic E-state index is 0.272. The summed E-state index contributed by atoms with van der Waals surface area (Å²) in [6, 6.07) is 9.71. The van der Waals surface area contributed by atoms with E-state index in [4.69, 9.17) is 4.52 Å². The fourth-order valence-corrected chi connectivity index (χ4v) is 2.83. The minimum atomic E-state index is -0.272. The topological polar surface area (TPSA) is 80.9 Å². The lowest BCUT2D eigenvalue weighted by Crippen LogP contribution is -2.14. The molecule has 1 N–H and O–H groups in total. The summed E-state index contributed by atoms with van der Waals surface area (Å²) >= 11 is 1.33. The molecular formula is C15H14N4O2S. The Balaban J connectivity index is 1.81. The molecule has 0 bridgehead atoms. The average molecular weight is 314 g/mol. The predicted molar refractivity (Wildman–Crippen MR) is 83.9 cm³/mol. The molecule has 0 spiro atoms. The van der Waals surface area contributed by atoms with Crippen molar-refractivity contribution in [2.75, 3.05) is 5.32 Å². The van der Waals surface area contributed by atoms with Crippen molar-refractivity contribution >= 4 is 22.4 Å². The van der Waals surface area contributed by atoms with E-state index in [1.54, 1.807) is 6.92 Å². The maximum atomic E-state index is 12.3. The maximum absolute atomic E-state index is 12.3. The summed E-state index contributed by atoms with van der Waals surface area (Å²) in [5.41, 5.74) is 2.08. The predicted octanol–water partition coefficient (Wildman–Crippen LogP) is 3.32. The third kappa shape index (κ3) is 2.75. The van der Waals surface area contributed by atoms with Crippen LogP contribution in [-0.2, 0) is 6.42 Å². The van der Waals surface area contributed by atoms with Gasteiger partial charge in [-0.15, -0.1) is 10.2 Å². The second-order valence-electron chi connectivity index (χ2n) is 4.65. The van der Waals surface area contributed by atoms with Crippen LogP contribution >= 0.6 is 11.3 Å². The number of benzene rings is 1. The SMILES string of the molecule is CCc1noc(C)c1C(=O)Nc1nnc(-c2ccccc2)s1. The molecular weight excluding hydrogens is 300 g/mol. The summed E-state index contributed by atoms with van der Waals surface area (Å²) in [7, 11) is 0. The Hall–Kier alpha value is -2.54. The molecule has 3 aromatic rings. The third-order valence-electron chi connectivity index (χ3n) is 3.16. The third-order valence-corrected chi connectivity index (χ3v) is 4.05. The molecule has 3 rings (SSSR count). The van der Waals surface area contributed by atoms with E-state index in [0.717, 1.165) is 10.6 Å².